The summed E-state index contributed by atoms with van der Waals surface area (Å²) in [5.74, 6) is 0.786. The molecule has 1 aliphatic heterocycles. The lowest BCUT2D eigenvalue weighted by molar-refractivity contribution is -0.146. The van der Waals surface area contributed by atoms with Crippen LogP contribution in [0.15, 0.2) is 23.8 Å². The molecule has 5 rings (SSSR count). The maximum absolute atomic E-state index is 12.8. The summed E-state index contributed by atoms with van der Waals surface area (Å²) in [7, 11) is 0. The van der Waals surface area contributed by atoms with Gasteiger partial charge >= 0.3 is 0 Å². The summed E-state index contributed by atoms with van der Waals surface area (Å²) in [6, 6.07) is 0. The lowest BCUT2D eigenvalue weighted by atomic mass is 9.46. The average Bonchev–Trinajstić information content (AvgIpc) is 2.91. The molecule has 0 aromatic carbocycles. The summed E-state index contributed by atoms with van der Waals surface area (Å²) in [6.07, 6.45) is 8.73. The Kier molecular flexibility index (Phi) is 1.27. The maximum Gasteiger partial charge on any atom is 0.178 e. The number of ether oxygens (including phenoxy) is 1. The molecule has 0 aromatic heterocycles. The molecule has 0 radical (unpaired) electrons. The highest BCUT2D eigenvalue weighted by Crippen LogP contribution is 2.68. The van der Waals surface area contributed by atoms with Gasteiger partial charge in [0.15, 0.2) is 11.4 Å². The van der Waals surface area contributed by atoms with E-state index < -0.39 is 5.60 Å². The van der Waals surface area contributed by atoms with Crippen LogP contribution in [0.25, 0.3) is 0 Å². The number of epoxide rings is 1. The van der Waals surface area contributed by atoms with E-state index in [2.05, 4.69) is 32.1 Å². The van der Waals surface area contributed by atoms with Crippen molar-refractivity contribution < 1.29 is 9.53 Å². The van der Waals surface area contributed by atoms with Crippen molar-refractivity contribution in [2.45, 2.75) is 32.3 Å². The zero-order valence-electron chi connectivity index (χ0n) is 9.75. The Hall–Kier alpha value is -0.890. The molecule has 2 nitrogen and oxygen atoms in total. The second kappa shape index (κ2) is 2.21. The van der Waals surface area contributed by atoms with Crippen LogP contribution in [0.3, 0.4) is 0 Å². The summed E-state index contributed by atoms with van der Waals surface area (Å²) >= 11 is 0. The van der Waals surface area contributed by atoms with Crippen LogP contribution in [-0.2, 0) is 9.53 Å². The first-order valence-electron chi connectivity index (χ1n) is 6.11. The largest absolute Gasteiger partial charge is 0.360 e. The molecule has 0 amide bonds. The number of hydrogen-bond acceptors (Lipinski definition) is 2. The van der Waals surface area contributed by atoms with Crippen molar-refractivity contribution in [1.29, 1.82) is 0 Å². The maximum atomic E-state index is 12.8. The molecule has 0 N–H and O–H groups in total. The quantitative estimate of drug-likeness (QED) is 0.459. The Morgan fingerprint density at radius 3 is 2.94 bits per heavy atom. The summed E-state index contributed by atoms with van der Waals surface area (Å²) < 4.78 is 5.62. The van der Waals surface area contributed by atoms with E-state index >= 15 is 0 Å². The third-order valence-electron chi connectivity index (χ3n) is 5.45. The first-order chi connectivity index (χ1) is 7.55. The molecule has 1 heterocycles. The minimum absolute atomic E-state index is 0.0603. The zero-order chi connectivity index (χ0) is 11.2. The number of carbonyl (C=O) groups excluding carboxylic acids is 1. The van der Waals surface area contributed by atoms with Gasteiger partial charge in [-0.15, -0.1) is 0 Å². The van der Waals surface area contributed by atoms with Gasteiger partial charge in [-0.1, -0.05) is 30.7 Å². The standard InChI is InChI=1S/C14H16O2/c1-9-6-12(2)7-10-4-3-5-13(9,10)11(15)14(12)8-16-14/h3-4,6,10H,5,7-8H2,1-2H3/t10-,12+,13-,14?/m0/s1. The smallest absolute Gasteiger partial charge is 0.178 e. The molecule has 2 fully saturated rings. The van der Waals surface area contributed by atoms with Crippen LogP contribution < -0.4 is 0 Å². The number of carbonyl (C=O) groups is 1. The minimum Gasteiger partial charge on any atom is -0.360 e. The molecule has 16 heavy (non-hydrogen) atoms. The average molecular weight is 216 g/mol. The number of ketones is 1. The Balaban J connectivity index is 2.01. The van der Waals surface area contributed by atoms with Gasteiger partial charge in [-0.3, -0.25) is 4.79 Å². The molecule has 4 atom stereocenters. The van der Waals surface area contributed by atoms with E-state index in [4.69, 9.17) is 4.74 Å². The summed E-state index contributed by atoms with van der Waals surface area (Å²) in [6.45, 7) is 4.96. The first-order valence-corrected chi connectivity index (χ1v) is 6.11. The van der Waals surface area contributed by atoms with Crippen molar-refractivity contribution in [2.24, 2.45) is 16.7 Å². The topological polar surface area (TPSA) is 29.6 Å². The highest BCUT2D eigenvalue weighted by molar-refractivity contribution is 6.01. The normalized spacial score (nSPS) is 56.8. The van der Waals surface area contributed by atoms with E-state index in [-0.39, 0.29) is 10.8 Å². The van der Waals surface area contributed by atoms with E-state index in [1.165, 1.54) is 5.57 Å². The second-order valence-electron chi connectivity index (χ2n) is 6.10. The van der Waals surface area contributed by atoms with Crippen molar-refractivity contribution in [2.75, 3.05) is 6.61 Å². The van der Waals surface area contributed by atoms with Crippen molar-refractivity contribution in [3.63, 3.8) is 0 Å². The van der Waals surface area contributed by atoms with Crippen LogP contribution in [0.4, 0.5) is 0 Å². The third-order valence-corrected chi connectivity index (χ3v) is 5.45. The van der Waals surface area contributed by atoms with Gasteiger partial charge in [-0.05, 0) is 25.7 Å². The Morgan fingerprint density at radius 2 is 2.25 bits per heavy atom. The van der Waals surface area contributed by atoms with Crippen LogP contribution in [0.5, 0.6) is 0 Å². The molecule has 1 saturated carbocycles. The van der Waals surface area contributed by atoms with E-state index in [0.29, 0.717) is 18.3 Å². The van der Waals surface area contributed by atoms with Gasteiger partial charge in [-0.2, -0.15) is 0 Å². The van der Waals surface area contributed by atoms with Gasteiger partial charge in [0.05, 0.1) is 12.0 Å². The Bertz CT molecular complexity index is 469. The summed E-state index contributed by atoms with van der Waals surface area (Å²) in [5.41, 5.74) is 0.542. The fraction of sp³-hybridized carbons (Fsp3) is 0.643. The number of hydrogen-bond donors (Lipinski definition) is 0. The molecule has 4 aliphatic carbocycles. The van der Waals surface area contributed by atoms with Crippen LogP contribution in [-0.4, -0.2) is 18.0 Å². The van der Waals surface area contributed by atoms with Crippen molar-refractivity contribution in [3.8, 4) is 0 Å². The van der Waals surface area contributed by atoms with Crippen molar-refractivity contribution in [3.05, 3.63) is 23.8 Å². The molecule has 2 bridgehead atoms. The predicted octanol–water partition coefficient (Wildman–Crippen LogP) is 2.26. The SMILES string of the molecule is CC1=C[C@]2(C)C[C@@H]3C=CC[C@]13C(=O)C21CO1. The van der Waals surface area contributed by atoms with E-state index in [1.54, 1.807) is 0 Å². The monoisotopic (exact) mass is 216 g/mol. The van der Waals surface area contributed by atoms with E-state index in [0.717, 1.165) is 12.8 Å². The molecule has 2 spiro atoms. The molecular formula is C14H16O2. The highest BCUT2D eigenvalue weighted by atomic mass is 16.6. The number of rotatable bonds is 0. The first kappa shape index (κ1) is 9.17. The Morgan fingerprint density at radius 1 is 1.50 bits per heavy atom. The van der Waals surface area contributed by atoms with Gasteiger partial charge in [0.25, 0.3) is 0 Å². The van der Waals surface area contributed by atoms with Gasteiger partial charge < -0.3 is 4.74 Å². The number of Topliss-reactive ketones (excluding diaryl/α,β-unsaturated/α-hetero) is 1. The van der Waals surface area contributed by atoms with Crippen molar-refractivity contribution >= 4 is 5.78 Å². The summed E-state index contributed by atoms with van der Waals surface area (Å²) in [5, 5.41) is 0. The van der Waals surface area contributed by atoms with Crippen molar-refractivity contribution in [1.82, 2.24) is 0 Å². The third kappa shape index (κ3) is 0.657. The van der Waals surface area contributed by atoms with Crippen LogP contribution >= 0.6 is 0 Å². The lowest BCUT2D eigenvalue weighted by Crippen LogP contribution is -2.61. The minimum atomic E-state index is -0.449. The van der Waals surface area contributed by atoms with Gasteiger partial charge in [0.2, 0.25) is 0 Å². The van der Waals surface area contributed by atoms with Gasteiger partial charge in [0, 0.05) is 5.41 Å². The van der Waals surface area contributed by atoms with Crippen LogP contribution in [0, 0.1) is 16.7 Å². The molecule has 1 saturated heterocycles. The lowest BCUT2D eigenvalue weighted by Gasteiger charge is -2.54. The highest BCUT2D eigenvalue weighted by Gasteiger charge is 2.75. The molecular weight excluding hydrogens is 200 g/mol. The Labute approximate surface area is 95.4 Å². The van der Waals surface area contributed by atoms with Gasteiger partial charge in [0.1, 0.15) is 0 Å². The van der Waals surface area contributed by atoms with E-state index in [9.17, 15) is 4.79 Å². The molecule has 1 unspecified atom stereocenters. The summed E-state index contributed by atoms with van der Waals surface area (Å²) in [4.78, 5) is 12.8. The molecule has 84 valence electrons. The number of allylic oxidation sites excluding steroid dienone is 3. The second-order valence-corrected chi connectivity index (χ2v) is 6.10. The van der Waals surface area contributed by atoms with E-state index in [1.807, 2.05) is 0 Å². The predicted molar refractivity (Wildman–Crippen MR) is 59.9 cm³/mol. The molecule has 0 aromatic rings. The van der Waals surface area contributed by atoms with Gasteiger partial charge in [-0.25, -0.2) is 0 Å². The van der Waals surface area contributed by atoms with Crippen LogP contribution in [0.1, 0.15) is 26.7 Å². The van der Waals surface area contributed by atoms with Crippen LogP contribution in [0.2, 0.25) is 0 Å². The fourth-order valence-electron chi connectivity index (χ4n) is 4.43. The fourth-order valence-corrected chi connectivity index (χ4v) is 4.43. The molecule has 2 heteroatoms. The molecule has 5 aliphatic rings. The zero-order valence-corrected chi connectivity index (χ0v) is 9.75.